The minimum absolute atomic E-state index is 0.0408. The summed E-state index contributed by atoms with van der Waals surface area (Å²) in [6.45, 7) is 7.02. The Morgan fingerprint density at radius 1 is 1.04 bits per heavy atom. The fourth-order valence-electron chi connectivity index (χ4n) is 3.86. The van der Waals surface area contributed by atoms with E-state index >= 15 is 0 Å². The van der Waals surface area contributed by atoms with Crippen LogP contribution in [0.3, 0.4) is 0 Å². The molecule has 2 aliphatic heterocycles. The third kappa shape index (κ3) is 3.42. The average molecular weight is 347 g/mol. The van der Waals surface area contributed by atoms with Crippen molar-refractivity contribution in [2.75, 3.05) is 13.1 Å². The van der Waals surface area contributed by atoms with Crippen molar-refractivity contribution in [3.05, 3.63) is 70.8 Å². The van der Waals surface area contributed by atoms with Crippen LogP contribution in [-0.2, 0) is 11.3 Å². The highest BCUT2D eigenvalue weighted by Crippen LogP contribution is 2.29. The molecule has 0 bridgehead atoms. The van der Waals surface area contributed by atoms with Gasteiger partial charge in [0, 0.05) is 38.0 Å². The minimum atomic E-state index is -0.416. The van der Waals surface area contributed by atoms with Gasteiger partial charge in [0.05, 0.1) is 0 Å². The highest BCUT2D eigenvalue weighted by molar-refractivity contribution is 6.46. The highest BCUT2D eigenvalue weighted by atomic mass is 16.2. The van der Waals surface area contributed by atoms with Crippen LogP contribution in [0.5, 0.6) is 0 Å². The number of carbonyl (C=O) groups excluding carboxylic acids is 1. The number of aliphatic imine (C=N–C) groups is 1. The van der Waals surface area contributed by atoms with Crippen molar-refractivity contribution in [3.63, 3.8) is 0 Å². The van der Waals surface area contributed by atoms with E-state index in [1.54, 1.807) is 0 Å². The molecular formula is C22H25N3O. The normalized spacial score (nSPS) is 19.5. The van der Waals surface area contributed by atoms with E-state index in [4.69, 9.17) is 4.99 Å². The van der Waals surface area contributed by atoms with E-state index in [0.29, 0.717) is 5.71 Å². The molecule has 1 fully saturated rings. The lowest BCUT2D eigenvalue weighted by molar-refractivity contribution is -0.115. The second-order valence-electron chi connectivity index (χ2n) is 7.58. The second-order valence-corrected chi connectivity index (χ2v) is 7.58. The lowest BCUT2D eigenvalue weighted by atomic mass is 9.97. The van der Waals surface area contributed by atoms with Gasteiger partial charge < -0.3 is 5.32 Å². The number of amides is 1. The molecule has 2 aliphatic rings. The monoisotopic (exact) mass is 347 g/mol. The first-order valence-electron chi connectivity index (χ1n) is 9.30. The van der Waals surface area contributed by atoms with Crippen LogP contribution in [-0.4, -0.2) is 35.3 Å². The number of carbonyl (C=O) groups is 1. The fourth-order valence-corrected chi connectivity index (χ4v) is 3.86. The third-order valence-electron chi connectivity index (χ3n) is 5.38. The quantitative estimate of drug-likeness (QED) is 0.927. The first kappa shape index (κ1) is 17.0. The topological polar surface area (TPSA) is 44.7 Å². The van der Waals surface area contributed by atoms with Gasteiger partial charge in [0.15, 0.2) is 0 Å². The van der Waals surface area contributed by atoms with Crippen LogP contribution >= 0.6 is 0 Å². The molecule has 1 saturated heterocycles. The van der Waals surface area contributed by atoms with E-state index in [0.717, 1.165) is 38.0 Å². The van der Waals surface area contributed by atoms with Crippen molar-refractivity contribution < 1.29 is 4.79 Å². The maximum atomic E-state index is 12.5. The van der Waals surface area contributed by atoms with Crippen molar-refractivity contribution in [2.45, 2.75) is 38.9 Å². The number of benzene rings is 2. The zero-order valence-electron chi connectivity index (χ0n) is 15.5. The van der Waals surface area contributed by atoms with Crippen molar-refractivity contribution in [2.24, 2.45) is 4.99 Å². The molecular weight excluding hydrogens is 322 g/mol. The lowest BCUT2D eigenvalue weighted by Gasteiger charge is -2.37. The molecule has 1 N–H and O–H groups in total. The molecule has 0 aliphatic carbocycles. The summed E-state index contributed by atoms with van der Waals surface area (Å²) in [5.74, 6) is -0.0408. The number of nitrogens with zero attached hydrogens (tertiary/aromatic N) is 2. The van der Waals surface area contributed by atoms with Crippen LogP contribution in [0, 0.1) is 13.8 Å². The molecule has 134 valence electrons. The molecule has 26 heavy (non-hydrogen) atoms. The molecule has 0 unspecified atom stereocenters. The Bertz CT molecular complexity index is 846. The van der Waals surface area contributed by atoms with Crippen LogP contribution < -0.4 is 5.32 Å². The van der Waals surface area contributed by atoms with Gasteiger partial charge in [-0.15, -0.1) is 0 Å². The zero-order chi connectivity index (χ0) is 18.1. The van der Waals surface area contributed by atoms with E-state index in [-0.39, 0.29) is 5.91 Å². The molecule has 0 radical (unpaired) electrons. The first-order valence-corrected chi connectivity index (χ1v) is 9.30. The van der Waals surface area contributed by atoms with Crippen LogP contribution in [0.4, 0.5) is 0 Å². The highest BCUT2D eigenvalue weighted by Gasteiger charge is 2.41. The summed E-state index contributed by atoms with van der Waals surface area (Å²) in [7, 11) is 0. The Morgan fingerprint density at radius 2 is 1.77 bits per heavy atom. The smallest absolute Gasteiger partial charge is 0.272 e. The van der Waals surface area contributed by atoms with E-state index < -0.39 is 5.66 Å². The van der Waals surface area contributed by atoms with Crippen molar-refractivity contribution in [3.8, 4) is 0 Å². The summed E-state index contributed by atoms with van der Waals surface area (Å²) in [4.78, 5) is 19.8. The van der Waals surface area contributed by atoms with Gasteiger partial charge >= 0.3 is 0 Å². The Balaban J connectivity index is 1.45. The number of likely N-dealkylation sites (tertiary alicyclic amines) is 1. The largest absolute Gasteiger partial charge is 0.326 e. The van der Waals surface area contributed by atoms with Gasteiger partial charge in [-0.05, 0) is 19.4 Å². The lowest BCUT2D eigenvalue weighted by Crippen LogP contribution is -2.50. The SMILES string of the molecule is Cc1ccc(C2=NC3(CCN(Cc4cccc(C)c4)CC3)NC2=O)cc1. The zero-order valence-corrected chi connectivity index (χ0v) is 15.5. The standard InChI is InChI=1S/C22H25N3O/c1-16-6-8-19(9-7-16)20-21(26)24-22(23-20)10-12-25(13-11-22)15-18-5-3-4-17(2)14-18/h3-9,14H,10-13,15H2,1-2H3,(H,24,26). The summed E-state index contributed by atoms with van der Waals surface area (Å²) in [6.07, 6.45) is 1.72. The summed E-state index contributed by atoms with van der Waals surface area (Å²) in [5, 5.41) is 3.16. The molecule has 2 aromatic rings. The molecule has 4 rings (SSSR count). The van der Waals surface area contributed by atoms with Crippen LogP contribution in [0.25, 0.3) is 0 Å². The van der Waals surface area contributed by atoms with Crippen LogP contribution in [0.15, 0.2) is 53.5 Å². The van der Waals surface area contributed by atoms with Gasteiger partial charge in [0.1, 0.15) is 11.4 Å². The Morgan fingerprint density at radius 3 is 2.46 bits per heavy atom. The van der Waals surface area contributed by atoms with E-state index in [9.17, 15) is 4.79 Å². The molecule has 4 heteroatoms. The maximum Gasteiger partial charge on any atom is 0.272 e. The Labute approximate surface area is 154 Å². The van der Waals surface area contributed by atoms with Crippen molar-refractivity contribution in [1.82, 2.24) is 10.2 Å². The summed E-state index contributed by atoms with van der Waals surface area (Å²) >= 11 is 0. The van der Waals surface area contributed by atoms with Gasteiger partial charge in [-0.3, -0.25) is 14.7 Å². The van der Waals surface area contributed by atoms with Gasteiger partial charge in [0.25, 0.3) is 5.91 Å². The van der Waals surface area contributed by atoms with Crippen molar-refractivity contribution in [1.29, 1.82) is 0 Å². The predicted octanol–water partition coefficient (Wildman–Crippen LogP) is 3.21. The summed E-state index contributed by atoms with van der Waals surface area (Å²) in [6, 6.07) is 16.7. The number of aryl methyl sites for hydroxylation is 2. The maximum absolute atomic E-state index is 12.5. The number of nitrogens with one attached hydrogen (secondary N) is 1. The number of piperidine rings is 1. The van der Waals surface area contributed by atoms with Gasteiger partial charge in [0.2, 0.25) is 0 Å². The van der Waals surface area contributed by atoms with Gasteiger partial charge in [-0.1, -0.05) is 59.7 Å². The Kier molecular flexibility index (Phi) is 4.37. The van der Waals surface area contributed by atoms with Crippen molar-refractivity contribution >= 4 is 11.6 Å². The fraction of sp³-hybridized carbons (Fsp3) is 0.364. The third-order valence-corrected chi connectivity index (χ3v) is 5.38. The van der Waals surface area contributed by atoms with E-state index in [1.165, 1.54) is 16.7 Å². The Hall–Kier alpha value is -2.46. The summed E-state index contributed by atoms with van der Waals surface area (Å²) < 4.78 is 0. The minimum Gasteiger partial charge on any atom is -0.326 e. The summed E-state index contributed by atoms with van der Waals surface area (Å²) in [5.41, 5.74) is 4.91. The van der Waals surface area contributed by atoms with Gasteiger partial charge in [-0.2, -0.15) is 0 Å². The molecule has 2 heterocycles. The molecule has 1 spiro atoms. The molecule has 4 nitrogen and oxygen atoms in total. The number of rotatable bonds is 3. The molecule has 1 amide bonds. The van der Waals surface area contributed by atoms with E-state index in [2.05, 4.69) is 41.4 Å². The number of hydrogen-bond donors (Lipinski definition) is 1. The number of hydrogen-bond acceptors (Lipinski definition) is 3. The van der Waals surface area contributed by atoms with E-state index in [1.807, 2.05) is 31.2 Å². The van der Waals surface area contributed by atoms with Crippen LogP contribution in [0.1, 0.15) is 35.1 Å². The average Bonchev–Trinajstić information content (AvgIpc) is 2.94. The molecule has 0 atom stereocenters. The molecule has 0 aromatic heterocycles. The molecule has 2 aromatic carbocycles. The first-order chi connectivity index (χ1) is 12.5. The molecule has 0 saturated carbocycles. The predicted molar refractivity (Wildman–Crippen MR) is 104 cm³/mol. The van der Waals surface area contributed by atoms with Gasteiger partial charge in [-0.25, -0.2) is 0 Å². The van der Waals surface area contributed by atoms with Crippen LogP contribution in [0.2, 0.25) is 0 Å². The second kappa shape index (κ2) is 6.69.